The fourth-order valence-corrected chi connectivity index (χ4v) is 7.20. The average molecular weight is 535 g/mol. The molecule has 194 valence electrons. The molecule has 9 rings (SSSR count). The van der Waals surface area contributed by atoms with Crippen molar-refractivity contribution in [3.63, 3.8) is 0 Å². The Kier molecular flexibility index (Phi) is 4.55. The van der Waals surface area contributed by atoms with Crippen LogP contribution < -0.4 is 0 Å². The second-order valence-corrected chi connectivity index (χ2v) is 11.1. The third-order valence-electron chi connectivity index (χ3n) is 8.95. The van der Waals surface area contributed by atoms with Crippen LogP contribution in [-0.2, 0) is 6.42 Å². The highest BCUT2D eigenvalue weighted by atomic mass is 15.0. The standard InChI is InChI=1S/C38H22N4/c39-21-23-13-15-29-32-19-25(20-33-30-16-14-24(22-40)18-36(30)42(38(32)33)35(29)17-23)27-10-6-11-31-28-9-4-5-12-34(28)41(37(27)31)26-7-2-1-3-8-26/h1-3,5-8,10-20H,4,9H2. The van der Waals surface area contributed by atoms with Gasteiger partial charge >= 0.3 is 0 Å². The number of aromatic nitrogens is 2. The Morgan fingerprint density at radius 2 is 1.31 bits per heavy atom. The Morgan fingerprint density at radius 3 is 1.98 bits per heavy atom. The summed E-state index contributed by atoms with van der Waals surface area (Å²) in [6.45, 7) is 0. The summed E-state index contributed by atoms with van der Waals surface area (Å²) in [5.74, 6) is 0. The predicted molar refractivity (Wildman–Crippen MR) is 170 cm³/mol. The van der Waals surface area contributed by atoms with Crippen LogP contribution in [0.4, 0.5) is 0 Å². The molecule has 0 amide bonds. The number of nitrogens with zero attached hydrogens (tertiary/aromatic N) is 4. The Bertz CT molecular complexity index is 2430. The molecule has 0 atom stereocenters. The summed E-state index contributed by atoms with van der Waals surface area (Å²) >= 11 is 0. The lowest BCUT2D eigenvalue weighted by atomic mass is 9.95. The molecule has 0 spiro atoms. The minimum absolute atomic E-state index is 0.623. The van der Waals surface area contributed by atoms with Gasteiger partial charge in [0.05, 0.1) is 45.3 Å². The van der Waals surface area contributed by atoms with Gasteiger partial charge in [0.15, 0.2) is 0 Å². The van der Waals surface area contributed by atoms with Crippen molar-refractivity contribution in [2.45, 2.75) is 12.8 Å². The Morgan fingerprint density at radius 1 is 0.619 bits per heavy atom. The molecule has 0 bridgehead atoms. The van der Waals surface area contributed by atoms with E-state index in [2.05, 4.69) is 106 Å². The molecule has 0 unspecified atom stereocenters. The molecule has 0 aliphatic heterocycles. The van der Waals surface area contributed by atoms with Gasteiger partial charge in [-0.1, -0.05) is 54.6 Å². The minimum Gasteiger partial charge on any atom is -0.309 e. The number of hydrogen-bond donors (Lipinski definition) is 0. The van der Waals surface area contributed by atoms with Crippen LogP contribution in [-0.4, -0.2) is 8.97 Å². The van der Waals surface area contributed by atoms with Crippen molar-refractivity contribution < 1.29 is 0 Å². The van der Waals surface area contributed by atoms with E-state index >= 15 is 0 Å². The zero-order chi connectivity index (χ0) is 27.9. The highest BCUT2D eigenvalue weighted by molar-refractivity contribution is 6.25. The maximum absolute atomic E-state index is 9.70. The first-order valence-electron chi connectivity index (χ1n) is 14.2. The molecule has 0 radical (unpaired) electrons. The molecule has 8 aromatic rings. The maximum atomic E-state index is 9.70. The van der Waals surface area contributed by atoms with E-state index in [9.17, 15) is 10.5 Å². The normalized spacial score (nSPS) is 12.9. The molecule has 5 aromatic carbocycles. The summed E-state index contributed by atoms with van der Waals surface area (Å²) < 4.78 is 4.66. The Labute approximate surface area is 241 Å². The molecule has 4 nitrogen and oxygen atoms in total. The van der Waals surface area contributed by atoms with E-state index < -0.39 is 0 Å². The second kappa shape index (κ2) is 8.33. The fourth-order valence-electron chi connectivity index (χ4n) is 7.20. The largest absolute Gasteiger partial charge is 0.309 e. The first kappa shape index (κ1) is 22.9. The van der Waals surface area contributed by atoms with E-state index in [1.165, 1.54) is 27.7 Å². The van der Waals surface area contributed by atoms with Crippen molar-refractivity contribution in [3.8, 4) is 29.0 Å². The van der Waals surface area contributed by atoms with E-state index in [1.807, 2.05) is 24.3 Å². The second-order valence-electron chi connectivity index (χ2n) is 11.1. The number of benzene rings is 5. The quantitative estimate of drug-likeness (QED) is 0.222. The summed E-state index contributed by atoms with van der Waals surface area (Å²) in [6, 6.07) is 38.4. The molecule has 0 saturated carbocycles. The molecule has 0 saturated heterocycles. The molecular weight excluding hydrogens is 512 g/mol. The number of hydrogen-bond acceptors (Lipinski definition) is 2. The van der Waals surface area contributed by atoms with Gasteiger partial charge in [-0.25, -0.2) is 0 Å². The molecule has 1 aliphatic rings. The van der Waals surface area contributed by atoms with Crippen LogP contribution in [0.5, 0.6) is 0 Å². The van der Waals surface area contributed by atoms with Crippen molar-refractivity contribution >= 4 is 55.1 Å². The van der Waals surface area contributed by atoms with Crippen molar-refractivity contribution in [2.24, 2.45) is 0 Å². The number of fused-ring (bicyclic) bond motifs is 9. The highest BCUT2D eigenvalue weighted by Crippen LogP contribution is 2.45. The zero-order valence-corrected chi connectivity index (χ0v) is 22.6. The zero-order valence-electron chi connectivity index (χ0n) is 22.6. The first-order valence-corrected chi connectivity index (χ1v) is 14.2. The Balaban J connectivity index is 1.45. The Hall–Kier alpha value is -5.84. The number of para-hydroxylation sites is 2. The van der Waals surface area contributed by atoms with E-state index in [4.69, 9.17) is 0 Å². The number of allylic oxidation sites excluding steroid dienone is 1. The maximum Gasteiger partial charge on any atom is 0.0992 e. The fraction of sp³-hybridized carbons (Fsp3) is 0.0526. The van der Waals surface area contributed by atoms with Crippen molar-refractivity contribution in [1.82, 2.24) is 8.97 Å². The summed E-state index contributed by atoms with van der Waals surface area (Å²) in [5, 5.41) is 25.2. The van der Waals surface area contributed by atoms with Crippen LogP contribution in [0, 0.1) is 22.7 Å². The van der Waals surface area contributed by atoms with Crippen molar-refractivity contribution in [1.29, 1.82) is 10.5 Å². The van der Waals surface area contributed by atoms with Gasteiger partial charge in [-0.15, -0.1) is 0 Å². The predicted octanol–water partition coefficient (Wildman–Crippen LogP) is 9.15. The van der Waals surface area contributed by atoms with Crippen molar-refractivity contribution in [3.05, 3.63) is 126 Å². The minimum atomic E-state index is 0.623. The van der Waals surface area contributed by atoms with Crippen LogP contribution >= 0.6 is 0 Å². The van der Waals surface area contributed by atoms with E-state index in [0.29, 0.717) is 11.1 Å². The molecule has 42 heavy (non-hydrogen) atoms. The van der Waals surface area contributed by atoms with Gasteiger partial charge in [-0.2, -0.15) is 10.5 Å². The van der Waals surface area contributed by atoms with Crippen LogP contribution in [0.1, 0.15) is 28.8 Å². The topological polar surface area (TPSA) is 56.9 Å². The molecule has 3 heterocycles. The monoisotopic (exact) mass is 534 g/mol. The smallest absolute Gasteiger partial charge is 0.0992 e. The summed E-state index contributed by atoms with van der Waals surface area (Å²) in [4.78, 5) is 0. The molecule has 0 N–H and O–H groups in total. The SMILES string of the molecule is N#Cc1ccc2c3cc(-c4cccc5c6c(n(-c7ccccc7)c45)C=CCC6)cc4c5ccc(C#N)cc5n(c2c1)c34. The first-order chi connectivity index (χ1) is 20.7. The third-order valence-corrected chi connectivity index (χ3v) is 8.95. The summed E-state index contributed by atoms with van der Waals surface area (Å²) in [6.07, 6.45) is 6.64. The number of nitriles is 2. The lowest BCUT2D eigenvalue weighted by Gasteiger charge is -2.14. The number of aryl methyl sites for hydroxylation is 1. The van der Waals surface area contributed by atoms with E-state index in [0.717, 1.165) is 62.2 Å². The van der Waals surface area contributed by atoms with Crippen LogP contribution in [0.15, 0.2) is 103 Å². The van der Waals surface area contributed by atoms with E-state index in [1.54, 1.807) is 0 Å². The molecule has 1 aliphatic carbocycles. The molecule has 0 fully saturated rings. The van der Waals surface area contributed by atoms with Gasteiger partial charge < -0.3 is 8.97 Å². The third kappa shape index (κ3) is 2.93. The van der Waals surface area contributed by atoms with Crippen LogP contribution in [0.3, 0.4) is 0 Å². The molecule has 4 heteroatoms. The van der Waals surface area contributed by atoms with Crippen molar-refractivity contribution in [2.75, 3.05) is 0 Å². The van der Waals surface area contributed by atoms with E-state index in [-0.39, 0.29) is 0 Å². The van der Waals surface area contributed by atoms with Gasteiger partial charge in [-0.3, -0.25) is 0 Å². The van der Waals surface area contributed by atoms with Gasteiger partial charge in [0.2, 0.25) is 0 Å². The lowest BCUT2D eigenvalue weighted by Crippen LogP contribution is -2.00. The summed E-state index contributed by atoms with van der Waals surface area (Å²) in [7, 11) is 0. The van der Waals surface area contributed by atoms with Gasteiger partial charge in [0.1, 0.15) is 0 Å². The number of rotatable bonds is 2. The molecule has 3 aromatic heterocycles. The van der Waals surface area contributed by atoms with Gasteiger partial charge in [0.25, 0.3) is 0 Å². The average Bonchev–Trinajstić information content (AvgIpc) is 3.68. The summed E-state index contributed by atoms with van der Waals surface area (Å²) in [5.41, 5.74) is 11.7. The lowest BCUT2D eigenvalue weighted by molar-refractivity contribution is 0.968. The van der Waals surface area contributed by atoms with Gasteiger partial charge in [-0.05, 0) is 78.6 Å². The van der Waals surface area contributed by atoms with Gasteiger partial charge in [0, 0.05) is 43.9 Å². The van der Waals surface area contributed by atoms with Crippen LogP contribution in [0.2, 0.25) is 0 Å². The van der Waals surface area contributed by atoms with Crippen LogP contribution in [0.25, 0.3) is 71.9 Å². The molecular formula is C38H22N4. The highest BCUT2D eigenvalue weighted by Gasteiger charge is 2.24.